The second kappa shape index (κ2) is 6.24. The van der Waals surface area contributed by atoms with Gasteiger partial charge in [-0.3, -0.25) is 9.78 Å². The van der Waals surface area contributed by atoms with E-state index in [2.05, 4.69) is 31.4 Å². The van der Waals surface area contributed by atoms with Crippen LogP contribution < -0.4 is 5.43 Å². The van der Waals surface area contributed by atoms with E-state index in [4.69, 9.17) is 0 Å². The van der Waals surface area contributed by atoms with Gasteiger partial charge in [-0.2, -0.15) is 5.10 Å². The van der Waals surface area contributed by atoms with Crippen molar-refractivity contribution in [2.24, 2.45) is 5.10 Å². The van der Waals surface area contributed by atoms with E-state index in [1.54, 1.807) is 24.5 Å². The summed E-state index contributed by atoms with van der Waals surface area (Å²) < 4.78 is 0.740. The monoisotopic (exact) mass is 317 g/mol. The highest BCUT2D eigenvalue weighted by atomic mass is 79.9. The third-order valence-corrected chi connectivity index (χ3v) is 3.23. The minimum Gasteiger partial charge on any atom is -0.267 e. The molecular formula is C14H12BrN3O. The second-order valence-electron chi connectivity index (χ2n) is 3.85. The lowest BCUT2D eigenvalue weighted by atomic mass is 10.2. The summed E-state index contributed by atoms with van der Waals surface area (Å²) in [6.07, 6.45) is 3.37. The quantitative estimate of drug-likeness (QED) is 0.699. The van der Waals surface area contributed by atoms with Crippen molar-refractivity contribution >= 4 is 27.5 Å². The molecule has 0 aliphatic carbocycles. The maximum absolute atomic E-state index is 11.9. The number of carbonyl (C=O) groups is 1. The van der Waals surface area contributed by atoms with Crippen LogP contribution in [0, 0.1) is 0 Å². The highest BCUT2D eigenvalue weighted by Gasteiger charge is 2.08. The number of aromatic nitrogens is 1. The molecule has 0 saturated heterocycles. The van der Waals surface area contributed by atoms with Gasteiger partial charge in [-0.05, 0) is 47.1 Å². The first kappa shape index (κ1) is 13.4. The summed E-state index contributed by atoms with van der Waals surface area (Å²) in [6.45, 7) is 1.83. The molecule has 0 saturated carbocycles. The third-order valence-electron chi connectivity index (χ3n) is 2.54. The summed E-state index contributed by atoms with van der Waals surface area (Å²) in [5.41, 5.74) is 4.73. The average molecular weight is 318 g/mol. The molecule has 0 atom stereocenters. The molecule has 0 bridgehead atoms. The van der Waals surface area contributed by atoms with E-state index in [9.17, 15) is 4.79 Å². The van der Waals surface area contributed by atoms with Crippen LogP contribution in [0.5, 0.6) is 0 Å². The van der Waals surface area contributed by atoms with Gasteiger partial charge in [0.1, 0.15) is 0 Å². The van der Waals surface area contributed by atoms with E-state index >= 15 is 0 Å². The molecule has 0 aliphatic heterocycles. The van der Waals surface area contributed by atoms with Crippen LogP contribution in [-0.4, -0.2) is 16.6 Å². The standard InChI is InChI=1S/C14H12BrN3O/c1-10(11-6-8-16-9-7-11)17-18-14(19)12-4-2-3-5-13(12)15/h2-9H,1H3,(H,18,19). The summed E-state index contributed by atoms with van der Waals surface area (Å²) >= 11 is 3.33. The van der Waals surface area contributed by atoms with Gasteiger partial charge in [0, 0.05) is 22.4 Å². The number of hydrazone groups is 1. The number of hydrogen-bond donors (Lipinski definition) is 1. The largest absolute Gasteiger partial charge is 0.272 e. The molecule has 0 unspecified atom stereocenters. The fourth-order valence-corrected chi connectivity index (χ4v) is 1.96. The summed E-state index contributed by atoms with van der Waals surface area (Å²) in [7, 11) is 0. The Balaban J connectivity index is 2.11. The second-order valence-corrected chi connectivity index (χ2v) is 4.71. The van der Waals surface area contributed by atoms with Crippen LogP contribution in [0.4, 0.5) is 0 Å². The number of amides is 1. The van der Waals surface area contributed by atoms with Crippen molar-refractivity contribution in [2.45, 2.75) is 6.92 Å². The highest BCUT2D eigenvalue weighted by Crippen LogP contribution is 2.15. The molecular weight excluding hydrogens is 306 g/mol. The Morgan fingerprint density at radius 3 is 2.58 bits per heavy atom. The van der Waals surface area contributed by atoms with Crippen LogP contribution in [-0.2, 0) is 0 Å². The van der Waals surface area contributed by atoms with Crippen molar-refractivity contribution in [3.05, 3.63) is 64.4 Å². The van der Waals surface area contributed by atoms with Crippen molar-refractivity contribution < 1.29 is 4.79 Å². The molecule has 1 heterocycles. The Labute approximate surface area is 119 Å². The van der Waals surface area contributed by atoms with Crippen molar-refractivity contribution in [1.29, 1.82) is 0 Å². The molecule has 2 rings (SSSR count). The van der Waals surface area contributed by atoms with Gasteiger partial charge in [-0.25, -0.2) is 5.43 Å². The minimum absolute atomic E-state index is 0.249. The van der Waals surface area contributed by atoms with Gasteiger partial charge < -0.3 is 0 Å². The molecule has 0 aliphatic rings. The SMILES string of the molecule is CC(=NNC(=O)c1ccccc1Br)c1ccncc1. The lowest BCUT2D eigenvalue weighted by molar-refractivity contribution is 0.0954. The topological polar surface area (TPSA) is 54.4 Å². The minimum atomic E-state index is -0.249. The van der Waals surface area contributed by atoms with Gasteiger partial charge in [0.05, 0.1) is 11.3 Å². The number of benzene rings is 1. The molecule has 0 spiro atoms. The molecule has 1 aromatic carbocycles. The van der Waals surface area contributed by atoms with Gasteiger partial charge in [0.15, 0.2) is 0 Å². The van der Waals surface area contributed by atoms with Crippen LogP contribution in [0.3, 0.4) is 0 Å². The van der Waals surface area contributed by atoms with Gasteiger partial charge in [-0.1, -0.05) is 12.1 Å². The predicted octanol–water partition coefficient (Wildman–Crippen LogP) is 3.00. The van der Waals surface area contributed by atoms with E-state index in [-0.39, 0.29) is 5.91 Å². The molecule has 4 nitrogen and oxygen atoms in total. The predicted molar refractivity (Wildman–Crippen MR) is 78.1 cm³/mol. The molecule has 19 heavy (non-hydrogen) atoms. The molecule has 96 valence electrons. The Kier molecular flexibility index (Phi) is 4.41. The zero-order chi connectivity index (χ0) is 13.7. The number of carbonyl (C=O) groups excluding carboxylic acids is 1. The summed E-state index contributed by atoms with van der Waals surface area (Å²) in [5.74, 6) is -0.249. The fourth-order valence-electron chi connectivity index (χ4n) is 1.50. The van der Waals surface area contributed by atoms with E-state index < -0.39 is 0 Å². The number of nitrogens with one attached hydrogen (secondary N) is 1. The summed E-state index contributed by atoms with van der Waals surface area (Å²) in [5, 5.41) is 4.08. The van der Waals surface area contributed by atoms with Crippen LogP contribution in [0.1, 0.15) is 22.8 Å². The first-order chi connectivity index (χ1) is 9.18. The van der Waals surface area contributed by atoms with E-state index in [0.717, 1.165) is 15.7 Å². The van der Waals surface area contributed by atoms with Crippen LogP contribution in [0.2, 0.25) is 0 Å². The number of hydrogen-bond acceptors (Lipinski definition) is 3. The smallest absolute Gasteiger partial charge is 0.267 e. The number of nitrogens with zero attached hydrogens (tertiary/aromatic N) is 2. The van der Waals surface area contributed by atoms with E-state index in [1.807, 2.05) is 31.2 Å². The van der Waals surface area contributed by atoms with Crippen molar-refractivity contribution in [3.63, 3.8) is 0 Å². The summed E-state index contributed by atoms with van der Waals surface area (Å²) in [6, 6.07) is 10.9. The van der Waals surface area contributed by atoms with E-state index in [1.165, 1.54) is 0 Å². The Hall–Kier alpha value is -2.01. The van der Waals surface area contributed by atoms with Gasteiger partial charge in [-0.15, -0.1) is 0 Å². The van der Waals surface area contributed by atoms with Gasteiger partial charge in [0.25, 0.3) is 5.91 Å². The fraction of sp³-hybridized carbons (Fsp3) is 0.0714. The maximum atomic E-state index is 11.9. The Morgan fingerprint density at radius 1 is 1.21 bits per heavy atom. The first-order valence-corrected chi connectivity index (χ1v) is 6.47. The molecule has 2 aromatic rings. The zero-order valence-electron chi connectivity index (χ0n) is 10.3. The lowest BCUT2D eigenvalue weighted by Gasteiger charge is -2.04. The number of pyridine rings is 1. The van der Waals surface area contributed by atoms with Gasteiger partial charge >= 0.3 is 0 Å². The maximum Gasteiger partial charge on any atom is 0.272 e. The third kappa shape index (κ3) is 3.48. The zero-order valence-corrected chi connectivity index (χ0v) is 11.9. The Bertz CT molecular complexity index is 611. The number of halogens is 1. The summed E-state index contributed by atoms with van der Waals surface area (Å²) in [4.78, 5) is 15.9. The lowest BCUT2D eigenvalue weighted by Crippen LogP contribution is -2.19. The van der Waals surface area contributed by atoms with Crippen LogP contribution in [0.15, 0.2) is 58.4 Å². The van der Waals surface area contributed by atoms with Crippen molar-refractivity contribution in [1.82, 2.24) is 10.4 Å². The molecule has 1 aromatic heterocycles. The van der Waals surface area contributed by atoms with Gasteiger partial charge in [0.2, 0.25) is 0 Å². The molecule has 0 fully saturated rings. The number of rotatable bonds is 3. The molecule has 5 heteroatoms. The first-order valence-electron chi connectivity index (χ1n) is 5.68. The average Bonchev–Trinajstić information content (AvgIpc) is 2.46. The van der Waals surface area contributed by atoms with E-state index in [0.29, 0.717) is 5.56 Å². The van der Waals surface area contributed by atoms with Crippen molar-refractivity contribution in [3.8, 4) is 0 Å². The molecule has 0 radical (unpaired) electrons. The highest BCUT2D eigenvalue weighted by molar-refractivity contribution is 9.10. The van der Waals surface area contributed by atoms with Crippen molar-refractivity contribution in [2.75, 3.05) is 0 Å². The van der Waals surface area contributed by atoms with Crippen LogP contribution >= 0.6 is 15.9 Å². The Morgan fingerprint density at radius 2 is 1.89 bits per heavy atom. The van der Waals surface area contributed by atoms with Crippen LogP contribution in [0.25, 0.3) is 0 Å². The molecule has 1 amide bonds. The normalized spacial score (nSPS) is 11.2. The molecule has 1 N–H and O–H groups in total.